The van der Waals surface area contributed by atoms with Gasteiger partial charge in [0.1, 0.15) is 5.60 Å². The Labute approximate surface area is 105 Å². The Bertz CT molecular complexity index is 430. The van der Waals surface area contributed by atoms with Gasteiger partial charge in [0, 0.05) is 32.9 Å². The SMILES string of the molecule is COC1(CNc2cnccc2C(=O)O)CCOC1. The van der Waals surface area contributed by atoms with Gasteiger partial charge >= 0.3 is 5.97 Å². The maximum atomic E-state index is 11.0. The molecule has 0 aliphatic carbocycles. The summed E-state index contributed by atoms with van der Waals surface area (Å²) in [6.45, 7) is 1.67. The van der Waals surface area contributed by atoms with E-state index in [1.165, 1.54) is 18.5 Å². The summed E-state index contributed by atoms with van der Waals surface area (Å²) in [5, 5.41) is 12.1. The summed E-state index contributed by atoms with van der Waals surface area (Å²) in [5.74, 6) is -0.978. The van der Waals surface area contributed by atoms with E-state index in [4.69, 9.17) is 14.6 Å². The van der Waals surface area contributed by atoms with Crippen LogP contribution in [0.25, 0.3) is 0 Å². The lowest BCUT2D eigenvalue weighted by atomic mass is 10.0. The minimum atomic E-state index is -0.978. The molecule has 1 saturated heterocycles. The van der Waals surface area contributed by atoms with Gasteiger partial charge in [-0.05, 0) is 6.07 Å². The van der Waals surface area contributed by atoms with Crippen LogP contribution < -0.4 is 5.32 Å². The molecule has 0 spiro atoms. The third-order valence-corrected chi connectivity index (χ3v) is 3.15. The first-order valence-corrected chi connectivity index (χ1v) is 5.71. The van der Waals surface area contributed by atoms with Crippen LogP contribution in [0.4, 0.5) is 5.69 Å². The van der Waals surface area contributed by atoms with Crippen LogP contribution in [0.1, 0.15) is 16.8 Å². The van der Waals surface area contributed by atoms with Gasteiger partial charge in [-0.25, -0.2) is 4.79 Å². The average molecular weight is 252 g/mol. The Hall–Kier alpha value is -1.66. The minimum Gasteiger partial charge on any atom is -0.478 e. The highest BCUT2D eigenvalue weighted by Crippen LogP contribution is 2.24. The van der Waals surface area contributed by atoms with Crippen molar-refractivity contribution in [2.24, 2.45) is 0 Å². The van der Waals surface area contributed by atoms with E-state index in [2.05, 4.69) is 10.3 Å². The number of aromatic nitrogens is 1. The zero-order valence-corrected chi connectivity index (χ0v) is 10.2. The van der Waals surface area contributed by atoms with Crippen LogP contribution in [0, 0.1) is 0 Å². The normalized spacial score (nSPS) is 22.9. The predicted molar refractivity (Wildman–Crippen MR) is 64.9 cm³/mol. The van der Waals surface area contributed by atoms with Gasteiger partial charge in [-0.2, -0.15) is 0 Å². The molecular formula is C12H16N2O4. The van der Waals surface area contributed by atoms with Crippen molar-refractivity contribution in [3.8, 4) is 0 Å². The summed E-state index contributed by atoms with van der Waals surface area (Å²) in [7, 11) is 1.64. The van der Waals surface area contributed by atoms with Crippen LogP contribution in [-0.2, 0) is 9.47 Å². The van der Waals surface area contributed by atoms with Crippen molar-refractivity contribution in [3.05, 3.63) is 24.0 Å². The molecule has 6 heteroatoms. The van der Waals surface area contributed by atoms with Gasteiger partial charge in [0.2, 0.25) is 0 Å². The Morgan fingerprint density at radius 3 is 3.17 bits per heavy atom. The lowest BCUT2D eigenvalue weighted by molar-refractivity contribution is -0.00622. The van der Waals surface area contributed by atoms with Crippen LogP contribution >= 0.6 is 0 Å². The molecule has 0 amide bonds. The monoisotopic (exact) mass is 252 g/mol. The van der Waals surface area contributed by atoms with E-state index in [1.54, 1.807) is 7.11 Å². The third kappa shape index (κ3) is 2.60. The van der Waals surface area contributed by atoms with Gasteiger partial charge in [0.15, 0.2) is 0 Å². The van der Waals surface area contributed by atoms with Crippen LogP contribution in [-0.4, -0.2) is 48.5 Å². The number of hydrogen-bond donors (Lipinski definition) is 2. The highest BCUT2D eigenvalue weighted by Gasteiger charge is 2.34. The van der Waals surface area contributed by atoms with Crippen molar-refractivity contribution < 1.29 is 19.4 Å². The molecule has 1 aromatic rings. The second kappa shape index (κ2) is 5.32. The van der Waals surface area contributed by atoms with Gasteiger partial charge in [-0.15, -0.1) is 0 Å². The Balaban J connectivity index is 2.08. The van der Waals surface area contributed by atoms with Gasteiger partial charge < -0.3 is 19.9 Å². The van der Waals surface area contributed by atoms with Crippen LogP contribution in [0.3, 0.4) is 0 Å². The van der Waals surface area contributed by atoms with Crippen molar-refractivity contribution >= 4 is 11.7 Å². The molecular weight excluding hydrogens is 236 g/mol. The maximum absolute atomic E-state index is 11.0. The van der Waals surface area contributed by atoms with Gasteiger partial charge in [0.25, 0.3) is 0 Å². The average Bonchev–Trinajstić information content (AvgIpc) is 2.86. The van der Waals surface area contributed by atoms with E-state index in [-0.39, 0.29) is 11.2 Å². The summed E-state index contributed by atoms with van der Waals surface area (Å²) < 4.78 is 10.8. The number of ether oxygens (including phenoxy) is 2. The zero-order chi connectivity index (χ0) is 13.0. The second-order valence-corrected chi connectivity index (χ2v) is 4.27. The Morgan fingerprint density at radius 2 is 2.56 bits per heavy atom. The largest absolute Gasteiger partial charge is 0.478 e. The fourth-order valence-electron chi connectivity index (χ4n) is 1.94. The van der Waals surface area contributed by atoms with Crippen molar-refractivity contribution in [2.75, 3.05) is 32.2 Å². The molecule has 0 bridgehead atoms. The van der Waals surface area contributed by atoms with Gasteiger partial charge in [-0.3, -0.25) is 4.98 Å². The number of nitrogens with one attached hydrogen (secondary N) is 1. The van der Waals surface area contributed by atoms with E-state index in [1.807, 2.05) is 0 Å². The van der Waals surface area contributed by atoms with Crippen LogP contribution in [0.2, 0.25) is 0 Å². The molecule has 2 heterocycles. The standard InChI is InChI=1S/C12H16N2O4/c1-17-12(3-5-18-8-12)7-14-10-6-13-4-2-9(10)11(15)16/h2,4,6,14H,3,5,7-8H2,1H3,(H,15,16). The van der Waals surface area contributed by atoms with Crippen molar-refractivity contribution in [1.82, 2.24) is 4.98 Å². The van der Waals surface area contributed by atoms with Crippen LogP contribution in [0.15, 0.2) is 18.5 Å². The molecule has 0 aromatic carbocycles. The molecule has 0 saturated carbocycles. The Kier molecular flexibility index (Phi) is 3.78. The number of carboxylic acid groups (broad SMARTS) is 1. The van der Waals surface area contributed by atoms with Gasteiger partial charge in [0.05, 0.1) is 24.1 Å². The lowest BCUT2D eigenvalue weighted by Crippen LogP contribution is -2.39. The molecule has 1 atom stereocenters. The smallest absolute Gasteiger partial charge is 0.337 e. The number of rotatable bonds is 5. The molecule has 1 aliphatic rings. The highest BCUT2D eigenvalue weighted by molar-refractivity contribution is 5.93. The number of aromatic carboxylic acids is 1. The topological polar surface area (TPSA) is 80.7 Å². The number of carbonyl (C=O) groups is 1. The van der Waals surface area contributed by atoms with E-state index in [9.17, 15) is 4.79 Å². The van der Waals surface area contributed by atoms with Gasteiger partial charge in [-0.1, -0.05) is 0 Å². The molecule has 1 unspecified atom stereocenters. The van der Waals surface area contributed by atoms with E-state index in [0.717, 1.165) is 6.42 Å². The van der Waals surface area contributed by atoms with E-state index >= 15 is 0 Å². The number of hydrogen-bond acceptors (Lipinski definition) is 5. The predicted octanol–water partition coefficient (Wildman–Crippen LogP) is 0.997. The molecule has 18 heavy (non-hydrogen) atoms. The summed E-state index contributed by atoms with van der Waals surface area (Å²) in [5.41, 5.74) is 0.314. The first-order chi connectivity index (χ1) is 8.67. The molecule has 2 N–H and O–H groups in total. The van der Waals surface area contributed by atoms with Crippen molar-refractivity contribution in [1.29, 1.82) is 0 Å². The summed E-state index contributed by atoms with van der Waals surface area (Å²) in [6.07, 6.45) is 3.75. The minimum absolute atomic E-state index is 0.204. The Morgan fingerprint density at radius 1 is 1.72 bits per heavy atom. The summed E-state index contributed by atoms with van der Waals surface area (Å²) in [6, 6.07) is 1.47. The second-order valence-electron chi connectivity index (χ2n) is 4.27. The number of nitrogens with zero attached hydrogens (tertiary/aromatic N) is 1. The maximum Gasteiger partial charge on any atom is 0.337 e. The molecule has 6 nitrogen and oxygen atoms in total. The molecule has 1 aromatic heterocycles. The summed E-state index contributed by atoms with van der Waals surface area (Å²) in [4.78, 5) is 15.0. The van der Waals surface area contributed by atoms with Crippen LogP contribution in [0.5, 0.6) is 0 Å². The first kappa shape index (κ1) is 12.8. The molecule has 1 aliphatic heterocycles. The molecule has 1 fully saturated rings. The quantitative estimate of drug-likeness (QED) is 0.813. The fraction of sp³-hybridized carbons (Fsp3) is 0.500. The molecule has 98 valence electrons. The number of anilines is 1. The summed E-state index contributed by atoms with van der Waals surface area (Å²) >= 11 is 0. The number of methoxy groups -OCH3 is 1. The van der Waals surface area contributed by atoms with Crippen molar-refractivity contribution in [2.45, 2.75) is 12.0 Å². The lowest BCUT2D eigenvalue weighted by Gasteiger charge is -2.26. The third-order valence-electron chi connectivity index (χ3n) is 3.15. The van der Waals surface area contributed by atoms with E-state index in [0.29, 0.717) is 25.4 Å². The number of carboxylic acids is 1. The highest BCUT2D eigenvalue weighted by atomic mass is 16.5. The first-order valence-electron chi connectivity index (χ1n) is 5.71. The van der Waals surface area contributed by atoms with E-state index < -0.39 is 5.97 Å². The van der Waals surface area contributed by atoms with Crippen molar-refractivity contribution in [3.63, 3.8) is 0 Å². The molecule has 2 rings (SSSR count). The zero-order valence-electron chi connectivity index (χ0n) is 10.2. The fourth-order valence-corrected chi connectivity index (χ4v) is 1.94. The number of pyridine rings is 1. The molecule has 0 radical (unpaired) electrons.